The molecule has 0 amide bonds. The Bertz CT molecular complexity index is 1370. The number of carboxylic acid groups (broad SMARTS) is 1. The number of hydrogen-bond acceptors (Lipinski definition) is 3. The molecule has 0 saturated heterocycles. The Morgan fingerprint density at radius 1 is 1.03 bits per heavy atom. The second-order valence-corrected chi connectivity index (χ2v) is 8.53. The smallest absolute Gasteiger partial charge is 0.335 e. The number of rotatable bonds is 5. The first-order valence-electron chi connectivity index (χ1n) is 8.68. The van der Waals surface area contributed by atoms with Gasteiger partial charge >= 0.3 is 5.97 Å². The SMILES string of the molecule is O=C(O)c1ccc(NS(=O)(=O)c2cn(-c3ccccc3)c3cc(Cl)c(F)cc23)cc1. The van der Waals surface area contributed by atoms with Crippen molar-refractivity contribution in [3.05, 3.63) is 89.3 Å². The van der Waals surface area contributed by atoms with Crippen LogP contribution in [0.3, 0.4) is 0 Å². The molecule has 0 radical (unpaired) electrons. The number of sulfonamides is 1. The summed E-state index contributed by atoms with van der Waals surface area (Å²) >= 11 is 5.94. The fourth-order valence-electron chi connectivity index (χ4n) is 3.10. The van der Waals surface area contributed by atoms with Crippen LogP contribution >= 0.6 is 11.6 Å². The average Bonchev–Trinajstić information content (AvgIpc) is 3.08. The summed E-state index contributed by atoms with van der Waals surface area (Å²) in [5.74, 6) is -1.86. The van der Waals surface area contributed by atoms with Gasteiger partial charge in [0.25, 0.3) is 10.0 Å². The van der Waals surface area contributed by atoms with E-state index in [0.717, 1.165) is 6.07 Å². The number of aromatic nitrogens is 1. The van der Waals surface area contributed by atoms with Gasteiger partial charge in [0.1, 0.15) is 10.7 Å². The first-order chi connectivity index (χ1) is 14.3. The van der Waals surface area contributed by atoms with E-state index in [2.05, 4.69) is 4.72 Å². The molecule has 30 heavy (non-hydrogen) atoms. The normalized spacial score (nSPS) is 11.5. The molecule has 152 valence electrons. The molecule has 0 spiro atoms. The Morgan fingerprint density at radius 3 is 2.33 bits per heavy atom. The van der Waals surface area contributed by atoms with Crippen molar-refractivity contribution >= 4 is 44.2 Å². The summed E-state index contributed by atoms with van der Waals surface area (Å²) in [6.45, 7) is 0. The monoisotopic (exact) mass is 444 g/mol. The minimum absolute atomic E-state index is 0.0235. The molecule has 2 N–H and O–H groups in total. The number of nitrogens with one attached hydrogen (secondary N) is 1. The van der Waals surface area contributed by atoms with E-state index in [1.165, 1.54) is 36.5 Å². The quantitative estimate of drug-likeness (QED) is 0.457. The maximum absolute atomic E-state index is 14.2. The summed E-state index contributed by atoms with van der Waals surface area (Å²) in [7, 11) is -4.12. The topological polar surface area (TPSA) is 88.4 Å². The number of para-hydroxylation sites is 1. The summed E-state index contributed by atoms with van der Waals surface area (Å²) in [4.78, 5) is 10.8. The van der Waals surface area contributed by atoms with Gasteiger partial charge in [0.15, 0.2) is 0 Å². The number of aromatic carboxylic acids is 1. The summed E-state index contributed by atoms with van der Waals surface area (Å²) in [6.07, 6.45) is 1.39. The van der Waals surface area contributed by atoms with Crippen LogP contribution in [0.15, 0.2) is 77.8 Å². The second kappa shape index (κ2) is 7.47. The Labute approximate surface area is 176 Å². The second-order valence-electron chi connectivity index (χ2n) is 6.47. The minimum Gasteiger partial charge on any atom is -0.478 e. The van der Waals surface area contributed by atoms with Crippen LogP contribution in [-0.2, 0) is 10.0 Å². The van der Waals surface area contributed by atoms with Gasteiger partial charge in [0, 0.05) is 23.0 Å². The van der Waals surface area contributed by atoms with Crippen LogP contribution in [0.1, 0.15) is 10.4 Å². The van der Waals surface area contributed by atoms with Gasteiger partial charge in [0.2, 0.25) is 0 Å². The molecule has 0 bridgehead atoms. The van der Waals surface area contributed by atoms with E-state index in [1.807, 2.05) is 6.07 Å². The molecule has 0 aliphatic heterocycles. The molecule has 1 heterocycles. The van der Waals surface area contributed by atoms with Gasteiger partial charge in [0.05, 0.1) is 16.1 Å². The molecule has 1 aromatic heterocycles. The Morgan fingerprint density at radius 2 is 1.70 bits per heavy atom. The lowest BCUT2D eigenvalue weighted by Gasteiger charge is -2.07. The number of hydrogen-bond donors (Lipinski definition) is 2. The first kappa shape index (κ1) is 19.9. The van der Waals surface area contributed by atoms with Crippen molar-refractivity contribution in [2.24, 2.45) is 0 Å². The lowest BCUT2D eigenvalue weighted by molar-refractivity contribution is 0.0697. The highest BCUT2D eigenvalue weighted by molar-refractivity contribution is 7.93. The van der Waals surface area contributed by atoms with E-state index in [0.29, 0.717) is 11.2 Å². The molecule has 3 aromatic carbocycles. The molecule has 9 heteroatoms. The Kier molecular flexibility index (Phi) is 4.97. The predicted octanol–water partition coefficient (Wildman–Crippen LogP) is 4.92. The molecule has 6 nitrogen and oxygen atoms in total. The van der Waals surface area contributed by atoms with Crippen molar-refractivity contribution in [1.82, 2.24) is 4.57 Å². The molecule has 0 saturated carbocycles. The molecule has 0 aliphatic rings. The summed E-state index contributed by atoms with van der Waals surface area (Å²) < 4.78 is 44.3. The zero-order valence-electron chi connectivity index (χ0n) is 15.2. The summed E-state index contributed by atoms with van der Waals surface area (Å²) in [5.41, 5.74) is 1.30. The van der Waals surface area contributed by atoms with E-state index >= 15 is 0 Å². The number of fused-ring (bicyclic) bond motifs is 1. The summed E-state index contributed by atoms with van der Waals surface area (Å²) in [6, 6.07) is 16.7. The van der Waals surface area contributed by atoms with E-state index in [4.69, 9.17) is 16.7 Å². The molecular weight excluding hydrogens is 431 g/mol. The highest BCUT2D eigenvalue weighted by atomic mass is 35.5. The number of benzene rings is 3. The van der Waals surface area contributed by atoms with Gasteiger partial charge in [-0.2, -0.15) is 0 Å². The fourth-order valence-corrected chi connectivity index (χ4v) is 4.51. The number of anilines is 1. The highest BCUT2D eigenvalue weighted by Gasteiger charge is 2.23. The van der Waals surface area contributed by atoms with Crippen LogP contribution in [0, 0.1) is 5.82 Å². The largest absolute Gasteiger partial charge is 0.478 e. The van der Waals surface area contributed by atoms with Crippen molar-refractivity contribution in [1.29, 1.82) is 0 Å². The number of carboxylic acids is 1. The van der Waals surface area contributed by atoms with E-state index < -0.39 is 21.8 Å². The third-order valence-corrected chi connectivity index (χ3v) is 6.22. The van der Waals surface area contributed by atoms with Crippen LogP contribution in [-0.4, -0.2) is 24.1 Å². The van der Waals surface area contributed by atoms with E-state index in [9.17, 15) is 17.6 Å². The van der Waals surface area contributed by atoms with E-state index in [-0.39, 0.29) is 26.6 Å². The first-order valence-corrected chi connectivity index (χ1v) is 10.5. The van der Waals surface area contributed by atoms with Crippen LogP contribution < -0.4 is 4.72 Å². The third kappa shape index (κ3) is 3.62. The van der Waals surface area contributed by atoms with Crippen molar-refractivity contribution in [2.75, 3.05) is 4.72 Å². The zero-order valence-corrected chi connectivity index (χ0v) is 16.8. The predicted molar refractivity (Wildman–Crippen MR) is 112 cm³/mol. The number of carbonyl (C=O) groups is 1. The fraction of sp³-hybridized carbons (Fsp3) is 0. The molecule has 0 atom stereocenters. The lowest BCUT2D eigenvalue weighted by atomic mass is 10.2. The van der Waals surface area contributed by atoms with Crippen LogP contribution in [0.25, 0.3) is 16.6 Å². The third-order valence-electron chi connectivity index (χ3n) is 4.52. The van der Waals surface area contributed by atoms with Crippen LogP contribution in [0.5, 0.6) is 0 Å². The average molecular weight is 445 g/mol. The van der Waals surface area contributed by atoms with Crippen molar-refractivity contribution in [3.8, 4) is 5.69 Å². The molecule has 0 fully saturated rings. The molecule has 4 rings (SSSR count). The Hall–Kier alpha value is -3.36. The van der Waals surface area contributed by atoms with Crippen molar-refractivity contribution in [3.63, 3.8) is 0 Å². The lowest BCUT2D eigenvalue weighted by Crippen LogP contribution is -2.13. The number of nitrogens with zero attached hydrogens (tertiary/aromatic N) is 1. The number of halogens is 2. The highest BCUT2D eigenvalue weighted by Crippen LogP contribution is 2.33. The Balaban J connectivity index is 1.85. The summed E-state index contributed by atoms with van der Waals surface area (Å²) in [5, 5.41) is 9.01. The van der Waals surface area contributed by atoms with Crippen molar-refractivity contribution < 1.29 is 22.7 Å². The van der Waals surface area contributed by atoms with Crippen LogP contribution in [0.4, 0.5) is 10.1 Å². The van der Waals surface area contributed by atoms with Gasteiger partial charge < -0.3 is 9.67 Å². The maximum atomic E-state index is 14.2. The zero-order chi connectivity index (χ0) is 21.5. The maximum Gasteiger partial charge on any atom is 0.335 e. The van der Waals surface area contributed by atoms with Gasteiger partial charge in [-0.3, -0.25) is 4.72 Å². The molecule has 0 unspecified atom stereocenters. The van der Waals surface area contributed by atoms with Gasteiger partial charge in [-0.1, -0.05) is 29.8 Å². The van der Waals surface area contributed by atoms with E-state index in [1.54, 1.807) is 28.8 Å². The molecule has 4 aromatic rings. The van der Waals surface area contributed by atoms with Gasteiger partial charge in [-0.05, 0) is 48.5 Å². The van der Waals surface area contributed by atoms with Crippen LogP contribution in [0.2, 0.25) is 5.02 Å². The minimum atomic E-state index is -4.12. The van der Waals surface area contributed by atoms with Crippen molar-refractivity contribution in [2.45, 2.75) is 4.90 Å². The van der Waals surface area contributed by atoms with Gasteiger partial charge in [-0.25, -0.2) is 17.6 Å². The standard InChI is InChI=1S/C21H14ClFN2O4S/c22-17-11-19-16(10-18(17)23)20(12-25(19)15-4-2-1-3-5-15)30(28,29)24-14-8-6-13(7-9-14)21(26)27/h1-12,24H,(H,26,27). The van der Waals surface area contributed by atoms with Gasteiger partial charge in [-0.15, -0.1) is 0 Å². The molecule has 0 aliphatic carbocycles. The molecular formula is C21H14ClFN2O4S.